The first-order valence-electron chi connectivity index (χ1n) is 19.3. The summed E-state index contributed by atoms with van der Waals surface area (Å²) in [5, 5.41) is 13.3. The fraction of sp³-hybridized carbons (Fsp3) is 0.762. The maximum Gasteiger partial charge on any atom is 0.309 e. The van der Waals surface area contributed by atoms with Gasteiger partial charge in [0.1, 0.15) is 6.10 Å². The lowest BCUT2D eigenvalue weighted by Crippen LogP contribution is -2.63. The molecule has 0 aliphatic heterocycles. The van der Waals surface area contributed by atoms with Crippen molar-refractivity contribution < 1.29 is 24.2 Å². The van der Waals surface area contributed by atoms with Crippen molar-refractivity contribution in [2.45, 2.75) is 139 Å². The number of ketones is 1. The van der Waals surface area contributed by atoms with Crippen molar-refractivity contribution >= 4 is 17.7 Å². The number of carboxylic acids is 1. The van der Waals surface area contributed by atoms with Gasteiger partial charge >= 0.3 is 11.9 Å². The second kappa shape index (κ2) is 12.9. The molecular weight excluding hydrogens is 612 g/mol. The van der Waals surface area contributed by atoms with Gasteiger partial charge in [0, 0.05) is 36.2 Å². The Morgan fingerprint density at radius 1 is 1.02 bits per heavy atom. The number of carboxylic acid groups (broad SMARTS) is 1. The quantitative estimate of drug-likeness (QED) is 0.189. The molecule has 0 aromatic carbocycles. The molecule has 4 fully saturated rings. The van der Waals surface area contributed by atoms with Gasteiger partial charge in [-0.1, -0.05) is 53.2 Å². The zero-order valence-corrected chi connectivity index (χ0v) is 31.5. The SMILES string of the molecule is CC(C)C1=C2C3CCC4C(C)(CCC5C(C)(C)C(OC(=O)CC(C)(C)C(=O)O)CCC54C)C3CCC2(CCNCc2cccnc2)CC1=O. The van der Waals surface area contributed by atoms with Gasteiger partial charge in [0.15, 0.2) is 5.78 Å². The molecule has 7 heteroatoms. The van der Waals surface area contributed by atoms with E-state index < -0.39 is 17.4 Å². The normalized spacial score (nSPS) is 36.8. The van der Waals surface area contributed by atoms with Gasteiger partial charge < -0.3 is 15.2 Å². The second-order valence-electron chi connectivity index (χ2n) is 18.8. The van der Waals surface area contributed by atoms with E-state index in [9.17, 15) is 19.5 Å². The van der Waals surface area contributed by atoms with Crippen LogP contribution in [0.5, 0.6) is 0 Å². The van der Waals surface area contributed by atoms with Gasteiger partial charge in [-0.3, -0.25) is 19.4 Å². The highest BCUT2D eigenvalue weighted by Gasteiger charge is 2.66. The number of hydrogen-bond acceptors (Lipinski definition) is 6. The Morgan fingerprint density at radius 3 is 2.43 bits per heavy atom. The monoisotopic (exact) mass is 674 g/mol. The van der Waals surface area contributed by atoms with E-state index in [1.165, 1.54) is 36.8 Å². The molecule has 1 aromatic rings. The number of nitrogens with zero attached hydrogens (tertiary/aromatic N) is 1. The molecule has 0 spiro atoms. The Hall–Kier alpha value is -2.54. The predicted molar refractivity (Wildman–Crippen MR) is 191 cm³/mol. The molecule has 1 aromatic heterocycles. The van der Waals surface area contributed by atoms with Gasteiger partial charge in [0.2, 0.25) is 0 Å². The van der Waals surface area contributed by atoms with Crippen LogP contribution in [-0.2, 0) is 25.7 Å². The molecule has 8 atom stereocenters. The summed E-state index contributed by atoms with van der Waals surface area (Å²) in [7, 11) is 0. The average molecular weight is 675 g/mol. The molecule has 8 unspecified atom stereocenters. The van der Waals surface area contributed by atoms with Crippen LogP contribution in [-0.4, -0.2) is 40.5 Å². The minimum atomic E-state index is -1.14. The number of rotatable bonds is 10. The molecule has 0 radical (unpaired) electrons. The number of ether oxygens (including phenoxy) is 1. The highest BCUT2D eigenvalue weighted by molar-refractivity contribution is 6.00. The number of carbonyl (C=O) groups is 3. The maximum absolute atomic E-state index is 13.9. The van der Waals surface area contributed by atoms with Gasteiger partial charge in [0.05, 0.1) is 11.8 Å². The van der Waals surface area contributed by atoms with Gasteiger partial charge in [-0.15, -0.1) is 0 Å². The summed E-state index contributed by atoms with van der Waals surface area (Å²) in [5.41, 5.74) is 2.93. The summed E-state index contributed by atoms with van der Waals surface area (Å²) in [6.45, 7) is 19.1. The molecule has 5 aliphatic rings. The fourth-order valence-electron chi connectivity index (χ4n) is 12.6. The van der Waals surface area contributed by atoms with Crippen molar-refractivity contribution in [2.75, 3.05) is 6.54 Å². The molecule has 0 amide bonds. The number of Topliss-reactive ketones (excluding diaryl/α,β-unsaturated/α-hetero) is 1. The van der Waals surface area contributed by atoms with Crippen LogP contribution in [0.3, 0.4) is 0 Å². The van der Waals surface area contributed by atoms with E-state index >= 15 is 0 Å². The lowest BCUT2D eigenvalue weighted by molar-refractivity contribution is -0.213. The van der Waals surface area contributed by atoms with Crippen LogP contribution >= 0.6 is 0 Å². The number of nitrogens with one attached hydrogen (secondary N) is 1. The Labute approximate surface area is 294 Å². The van der Waals surface area contributed by atoms with Gasteiger partial charge in [0.25, 0.3) is 0 Å². The van der Waals surface area contributed by atoms with Gasteiger partial charge in [-0.2, -0.15) is 0 Å². The molecule has 5 aliphatic carbocycles. The van der Waals surface area contributed by atoms with E-state index in [-0.39, 0.29) is 40.1 Å². The zero-order valence-electron chi connectivity index (χ0n) is 31.5. The highest BCUT2D eigenvalue weighted by Crippen LogP contribution is 2.73. The van der Waals surface area contributed by atoms with Crippen LogP contribution in [0.25, 0.3) is 0 Å². The largest absolute Gasteiger partial charge is 0.481 e. The molecule has 2 N–H and O–H groups in total. The van der Waals surface area contributed by atoms with Crippen molar-refractivity contribution in [2.24, 2.45) is 56.7 Å². The standard InChI is InChI=1S/C42H62N2O5/c1-26(2)35-30(45)22-42(19-21-44-25-27-10-9-20-43-24-27)18-13-29-28(36(35)42)11-12-32-40(29,7)16-14-31-39(5,6)33(15-17-41(31,32)8)49-34(46)23-38(3,4)37(47)48/h9-10,20,24,26,28-29,31-33,44H,11-19,21-23,25H2,1-8H3,(H,47,48). The summed E-state index contributed by atoms with van der Waals surface area (Å²) >= 11 is 0. The van der Waals surface area contributed by atoms with Crippen molar-refractivity contribution in [3.8, 4) is 0 Å². The topological polar surface area (TPSA) is 106 Å². The number of hydrogen-bond donors (Lipinski definition) is 2. The van der Waals surface area contributed by atoms with Gasteiger partial charge in [-0.25, -0.2) is 0 Å². The van der Waals surface area contributed by atoms with Crippen LogP contribution in [0, 0.1) is 56.7 Å². The molecule has 270 valence electrons. The van der Waals surface area contributed by atoms with Crippen molar-refractivity contribution in [1.82, 2.24) is 10.3 Å². The maximum atomic E-state index is 13.9. The third-order valence-corrected chi connectivity index (χ3v) is 14.9. The lowest BCUT2D eigenvalue weighted by atomic mass is 9.36. The fourth-order valence-corrected chi connectivity index (χ4v) is 12.6. The number of aromatic nitrogens is 1. The first-order valence-corrected chi connectivity index (χ1v) is 19.3. The molecule has 6 rings (SSSR count). The van der Waals surface area contributed by atoms with Crippen molar-refractivity contribution in [3.05, 3.63) is 41.2 Å². The summed E-state index contributed by atoms with van der Waals surface area (Å²) in [4.78, 5) is 42.9. The number of pyridine rings is 1. The molecule has 0 saturated heterocycles. The Bertz CT molecular complexity index is 1480. The molecule has 0 bridgehead atoms. The first-order chi connectivity index (χ1) is 23.0. The van der Waals surface area contributed by atoms with Crippen LogP contribution in [0.2, 0.25) is 0 Å². The third-order valence-electron chi connectivity index (χ3n) is 14.9. The van der Waals surface area contributed by atoms with E-state index in [4.69, 9.17) is 4.74 Å². The van der Waals surface area contributed by atoms with E-state index in [0.717, 1.165) is 45.2 Å². The summed E-state index contributed by atoms with van der Waals surface area (Å²) in [6.07, 6.45) is 14.0. The number of fused-ring (bicyclic) bond motifs is 7. The Kier molecular flexibility index (Phi) is 9.55. The third kappa shape index (κ3) is 6.12. The number of carbonyl (C=O) groups excluding carboxylic acids is 2. The minimum Gasteiger partial charge on any atom is -0.481 e. The number of esters is 1. The minimum absolute atomic E-state index is 0.0107. The molecule has 4 saturated carbocycles. The molecule has 49 heavy (non-hydrogen) atoms. The summed E-state index contributed by atoms with van der Waals surface area (Å²) < 4.78 is 6.15. The molecular formula is C42H62N2O5. The van der Waals surface area contributed by atoms with E-state index in [0.29, 0.717) is 35.9 Å². The Morgan fingerprint density at radius 2 is 1.76 bits per heavy atom. The van der Waals surface area contributed by atoms with Gasteiger partial charge in [-0.05, 0) is 136 Å². The van der Waals surface area contributed by atoms with E-state index in [1.807, 2.05) is 18.5 Å². The average Bonchev–Trinajstić information content (AvgIpc) is 3.33. The molecule has 1 heterocycles. The van der Waals surface area contributed by atoms with E-state index in [1.54, 1.807) is 19.4 Å². The van der Waals surface area contributed by atoms with Crippen LogP contribution in [0.4, 0.5) is 0 Å². The van der Waals surface area contributed by atoms with Crippen LogP contribution in [0.15, 0.2) is 35.7 Å². The second-order valence-corrected chi connectivity index (χ2v) is 18.8. The smallest absolute Gasteiger partial charge is 0.309 e. The number of aliphatic carboxylic acids is 1. The van der Waals surface area contributed by atoms with Crippen LogP contribution in [0.1, 0.15) is 132 Å². The predicted octanol–water partition coefficient (Wildman–Crippen LogP) is 8.56. The first kappa shape index (κ1) is 36.3. The highest BCUT2D eigenvalue weighted by atomic mass is 16.5. The van der Waals surface area contributed by atoms with E-state index in [2.05, 4.69) is 57.9 Å². The Balaban J connectivity index is 1.21. The van der Waals surface area contributed by atoms with Crippen LogP contribution < -0.4 is 5.32 Å². The van der Waals surface area contributed by atoms with Crippen molar-refractivity contribution in [1.29, 1.82) is 0 Å². The number of allylic oxidation sites excluding steroid dienone is 2. The van der Waals surface area contributed by atoms with Crippen molar-refractivity contribution in [3.63, 3.8) is 0 Å². The lowest BCUT2D eigenvalue weighted by Gasteiger charge is -2.69. The zero-order chi connectivity index (χ0) is 35.6. The summed E-state index contributed by atoms with van der Waals surface area (Å²) in [5.74, 6) is 1.39. The molecule has 7 nitrogen and oxygen atoms in total. The summed E-state index contributed by atoms with van der Waals surface area (Å²) in [6, 6.07) is 4.10.